The second-order valence-electron chi connectivity index (χ2n) is 5.97. The van der Waals surface area contributed by atoms with E-state index in [2.05, 4.69) is 31.9 Å². The molecule has 3 heteroatoms. The summed E-state index contributed by atoms with van der Waals surface area (Å²) in [6.07, 6.45) is 8.30. The first-order chi connectivity index (χ1) is 8.55. The lowest BCUT2D eigenvalue weighted by Gasteiger charge is -2.37. The summed E-state index contributed by atoms with van der Waals surface area (Å²) in [7, 11) is 0. The van der Waals surface area contributed by atoms with Crippen LogP contribution in [-0.2, 0) is 6.42 Å². The van der Waals surface area contributed by atoms with E-state index in [-0.39, 0.29) is 0 Å². The van der Waals surface area contributed by atoms with E-state index in [4.69, 9.17) is 0 Å². The zero-order valence-electron chi connectivity index (χ0n) is 11.9. The Labute approximate surface area is 110 Å². The lowest BCUT2D eigenvalue weighted by Crippen LogP contribution is -2.41. The predicted molar refractivity (Wildman–Crippen MR) is 73.5 cm³/mol. The summed E-state index contributed by atoms with van der Waals surface area (Å²) >= 11 is 0. The second kappa shape index (κ2) is 5.43. The maximum atomic E-state index is 10.7. The van der Waals surface area contributed by atoms with Crippen molar-refractivity contribution in [3.63, 3.8) is 0 Å². The van der Waals surface area contributed by atoms with Crippen molar-refractivity contribution in [2.45, 2.75) is 70.9 Å². The smallest absolute Gasteiger partial charge is 0.0729 e. The van der Waals surface area contributed by atoms with Gasteiger partial charge in [0.25, 0.3) is 0 Å². The molecule has 3 atom stereocenters. The highest BCUT2D eigenvalue weighted by molar-refractivity contribution is 5.06. The minimum atomic E-state index is -0.535. The van der Waals surface area contributed by atoms with Crippen molar-refractivity contribution >= 4 is 0 Å². The van der Waals surface area contributed by atoms with Crippen LogP contribution in [0.15, 0.2) is 12.3 Å². The van der Waals surface area contributed by atoms with Crippen molar-refractivity contribution in [2.75, 3.05) is 0 Å². The molecule has 18 heavy (non-hydrogen) atoms. The molecule has 1 aliphatic rings. The van der Waals surface area contributed by atoms with Crippen LogP contribution in [0.3, 0.4) is 0 Å². The fourth-order valence-electron chi connectivity index (χ4n) is 2.88. The second-order valence-corrected chi connectivity index (χ2v) is 5.97. The van der Waals surface area contributed by atoms with E-state index in [1.165, 1.54) is 6.42 Å². The molecular weight excluding hydrogens is 224 g/mol. The lowest BCUT2D eigenvalue weighted by molar-refractivity contribution is -0.0413. The van der Waals surface area contributed by atoms with Gasteiger partial charge in [0, 0.05) is 18.7 Å². The first kappa shape index (κ1) is 13.6. The Morgan fingerprint density at radius 3 is 3.00 bits per heavy atom. The molecular formula is C15H26N2O. The van der Waals surface area contributed by atoms with Crippen LogP contribution in [0.2, 0.25) is 0 Å². The molecule has 3 nitrogen and oxygen atoms in total. The van der Waals surface area contributed by atoms with Crippen molar-refractivity contribution in [1.29, 1.82) is 0 Å². The maximum Gasteiger partial charge on any atom is 0.0729 e. The van der Waals surface area contributed by atoms with E-state index in [1.54, 1.807) is 0 Å². The quantitative estimate of drug-likeness (QED) is 0.890. The highest BCUT2D eigenvalue weighted by Gasteiger charge is 2.36. The largest absolute Gasteiger partial charge is 0.389 e. The molecule has 102 valence electrons. The van der Waals surface area contributed by atoms with Gasteiger partial charge >= 0.3 is 0 Å². The number of nitrogens with zero attached hydrogens (tertiary/aromatic N) is 2. The molecule has 0 saturated heterocycles. The molecule has 2 rings (SSSR count). The minimum Gasteiger partial charge on any atom is -0.389 e. The maximum absolute atomic E-state index is 10.7. The zero-order chi connectivity index (χ0) is 13.2. The third kappa shape index (κ3) is 2.77. The molecule has 0 spiro atoms. The summed E-state index contributed by atoms with van der Waals surface area (Å²) in [4.78, 5) is 0. The third-order valence-electron chi connectivity index (χ3n) is 4.61. The molecule has 1 saturated carbocycles. The Hall–Kier alpha value is -0.830. The number of aromatic nitrogens is 2. The summed E-state index contributed by atoms with van der Waals surface area (Å²) in [6.45, 7) is 6.52. The SMILES string of the molecule is CCC(C)n1ccc(CC2(O)CCCCC2C)n1. The van der Waals surface area contributed by atoms with Crippen molar-refractivity contribution < 1.29 is 5.11 Å². The first-order valence-corrected chi connectivity index (χ1v) is 7.31. The Morgan fingerprint density at radius 1 is 1.56 bits per heavy atom. The van der Waals surface area contributed by atoms with Gasteiger partial charge in [-0.1, -0.05) is 26.7 Å². The summed E-state index contributed by atoms with van der Waals surface area (Å²) in [5.74, 6) is 0.389. The molecule has 0 bridgehead atoms. The Bertz CT molecular complexity index is 388. The fourth-order valence-corrected chi connectivity index (χ4v) is 2.88. The summed E-state index contributed by atoms with van der Waals surface area (Å²) < 4.78 is 2.02. The normalized spacial score (nSPS) is 30.3. The van der Waals surface area contributed by atoms with Crippen LogP contribution in [0, 0.1) is 5.92 Å². The van der Waals surface area contributed by atoms with Gasteiger partial charge in [0.05, 0.1) is 11.3 Å². The van der Waals surface area contributed by atoms with E-state index in [9.17, 15) is 5.11 Å². The highest BCUT2D eigenvalue weighted by atomic mass is 16.3. The van der Waals surface area contributed by atoms with E-state index >= 15 is 0 Å². The molecule has 1 aromatic rings. The molecule has 1 fully saturated rings. The van der Waals surface area contributed by atoms with Gasteiger partial charge in [0.2, 0.25) is 0 Å². The Kier molecular flexibility index (Phi) is 4.10. The highest BCUT2D eigenvalue weighted by Crippen LogP contribution is 2.35. The van der Waals surface area contributed by atoms with Gasteiger partial charge in [-0.3, -0.25) is 4.68 Å². The summed E-state index contributed by atoms with van der Waals surface area (Å²) in [6, 6.07) is 2.50. The van der Waals surface area contributed by atoms with Crippen LogP contribution in [0.5, 0.6) is 0 Å². The molecule has 3 unspecified atom stereocenters. The van der Waals surface area contributed by atoms with E-state index < -0.39 is 5.60 Å². The molecule has 1 N–H and O–H groups in total. The van der Waals surface area contributed by atoms with Gasteiger partial charge in [-0.2, -0.15) is 5.10 Å². The van der Waals surface area contributed by atoms with Gasteiger partial charge in [-0.15, -0.1) is 0 Å². The van der Waals surface area contributed by atoms with Crippen LogP contribution in [-0.4, -0.2) is 20.5 Å². The van der Waals surface area contributed by atoms with Gasteiger partial charge < -0.3 is 5.11 Å². The van der Waals surface area contributed by atoms with Crippen molar-refractivity contribution in [3.05, 3.63) is 18.0 Å². The number of hydrogen-bond donors (Lipinski definition) is 1. The van der Waals surface area contributed by atoms with Gasteiger partial charge in [-0.05, 0) is 38.2 Å². The van der Waals surface area contributed by atoms with Gasteiger partial charge in [0.15, 0.2) is 0 Å². The molecule has 0 aromatic carbocycles. The Morgan fingerprint density at radius 2 is 2.33 bits per heavy atom. The number of rotatable bonds is 4. The third-order valence-corrected chi connectivity index (χ3v) is 4.61. The lowest BCUT2D eigenvalue weighted by atomic mass is 9.74. The molecule has 1 heterocycles. The van der Waals surface area contributed by atoms with Gasteiger partial charge in [0.1, 0.15) is 0 Å². The molecule has 0 aliphatic heterocycles. The van der Waals surface area contributed by atoms with E-state index in [0.29, 0.717) is 18.4 Å². The summed E-state index contributed by atoms with van der Waals surface area (Å²) in [5, 5.41) is 15.4. The topological polar surface area (TPSA) is 38.0 Å². The van der Waals surface area contributed by atoms with Crippen LogP contribution in [0.1, 0.15) is 64.6 Å². The fraction of sp³-hybridized carbons (Fsp3) is 0.800. The van der Waals surface area contributed by atoms with Gasteiger partial charge in [-0.25, -0.2) is 0 Å². The minimum absolute atomic E-state index is 0.389. The monoisotopic (exact) mass is 250 g/mol. The predicted octanol–water partition coefficient (Wildman–Crippen LogP) is 3.34. The first-order valence-electron chi connectivity index (χ1n) is 7.31. The average Bonchev–Trinajstić information content (AvgIpc) is 2.80. The number of hydrogen-bond acceptors (Lipinski definition) is 2. The standard InChI is InChI=1S/C15H26N2O/c1-4-13(3)17-10-8-14(16-17)11-15(18)9-6-5-7-12(15)2/h8,10,12-13,18H,4-7,9,11H2,1-3H3. The number of aliphatic hydroxyl groups is 1. The average molecular weight is 250 g/mol. The van der Waals surface area contributed by atoms with Crippen LogP contribution in [0.4, 0.5) is 0 Å². The summed E-state index contributed by atoms with van der Waals surface area (Å²) in [5.41, 5.74) is 0.499. The van der Waals surface area contributed by atoms with Crippen molar-refractivity contribution in [3.8, 4) is 0 Å². The van der Waals surface area contributed by atoms with Crippen LogP contribution >= 0.6 is 0 Å². The Balaban J connectivity index is 2.06. The zero-order valence-corrected chi connectivity index (χ0v) is 11.9. The molecule has 0 amide bonds. The van der Waals surface area contributed by atoms with Crippen LogP contribution in [0.25, 0.3) is 0 Å². The van der Waals surface area contributed by atoms with Crippen LogP contribution < -0.4 is 0 Å². The van der Waals surface area contributed by atoms with Crippen molar-refractivity contribution in [2.24, 2.45) is 5.92 Å². The molecule has 0 radical (unpaired) electrons. The van der Waals surface area contributed by atoms with E-state index in [1.807, 2.05) is 10.9 Å². The molecule has 1 aliphatic carbocycles. The van der Waals surface area contributed by atoms with Crippen molar-refractivity contribution in [1.82, 2.24) is 9.78 Å². The molecule has 1 aromatic heterocycles. The van der Waals surface area contributed by atoms with E-state index in [0.717, 1.165) is 31.4 Å².